The monoisotopic (exact) mass is 186 g/mol. The molecule has 0 bridgehead atoms. The van der Waals surface area contributed by atoms with Crippen molar-refractivity contribution in [2.45, 2.75) is 45.6 Å². The van der Waals surface area contributed by atoms with Gasteiger partial charge in [-0.1, -0.05) is 26.7 Å². The average molecular weight is 186 g/mol. The van der Waals surface area contributed by atoms with Crippen LogP contribution in [0, 0.1) is 5.92 Å². The van der Waals surface area contributed by atoms with Crippen LogP contribution < -0.4 is 0 Å². The normalized spacial score (nSPS) is 28.2. The molecule has 1 rings (SSSR count). The first-order valence-corrected chi connectivity index (χ1v) is 5.57. The lowest BCUT2D eigenvalue weighted by Gasteiger charge is -2.16. The van der Waals surface area contributed by atoms with Crippen molar-refractivity contribution in [3.05, 3.63) is 0 Å². The van der Waals surface area contributed by atoms with Crippen LogP contribution in [0.1, 0.15) is 39.5 Å². The molecule has 1 fully saturated rings. The zero-order valence-electron chi connectivity index (χ0n) is 8.92. The van der Waals surface area contributed by atoms with E-state index in [1.165, 1.54) is 25.7 Å². The molecular formula is C11H22O2. The summed E-state index contributed by atoms with van der Waals surface area (Å²) in [6, 6.07) is 0. The number of rotatable bonds is 6. The van der Waals surface area contributed by atoms with Crippen LogP contribution in [0.15, 0.2) is 0 Å². The van der Waals surface area contributed by atoms with Gasteiger partial charge in [-0.05, 0) is 18.8 Å². The first-order valence-electron chi connectivity index (χ1n) is 5.57. The first-order chi connectivity index (χ1) is 6.38. The molecule has 1 saturated heterocycles. The Morgan fingerprint density at radius 2 is 2.23 bits per heavy atom. The van der Waals surface area contributed by atoms with Crippen LogP contribution in [-0.2, 0) is 9.47 Å². The Balaban J connectivity index is 2.06. The molecule has 0 unspecified atom stereocenters. The van der Waals surface area contributed by atoms with E-state index < -0.39 is 0 Å². The highest BCUT2D eigenvalue weighted by Crippen LogP contribution is 2.23. The highest BCUT2D eigenvalue weighted by molar-refractivity contribution is 4.74. The van der Waals surface area contributed by atoms with Crippen LogP contribution in [0.2, 0.25) is 0 Å². The molecular weight excluding hydrogens is 164 g/mol. The fourth-order valence-corrected chi connectivity index (χ4v) is 1.79. The highest BCUT2D eigenvalue weighted by Gasteiger charge is 2.26. The fraction of sp³-hybridized carbons (Fsp3) is 1.00. The first kappa shape index (κ1) is 11.0. The Labute approximate surface area is 81.6 Å². The van der Waals surface area contributed by atoms with Crippen molar-refractivity contribution in [1.82, 2.24) is 0 Å². The van der Waals surface area contributed by atoms with Gasteiger partial charge in [0.05, 0.1) is 12.7 Å². The van der Waals surface area contributed by atoms with Gasteiger partial charge in [-0.25, -0.2) is 0 Å². The van der Waals surface area contributed by atoms with Gasteiger partial charge >= 0.3 is 0 Å². The molecule has 0 spiro atoms. The Morgan fingerprint density at radius 1 is 1.38 bits per heavy atom. The van der Waals surface area contributed by atoms with Crippen LogP contribution in [0.5, 0.6) is 0 Å². The maximum atomic E-state index is 5.61. The van der Waals surface area contributed by atoms with Gasteiger partial charge in [0.25, 0.3) is 0 Å². The van der Waals surface area contributed by atoms with Gasteiger partial charge in [0.2, 0.25) is 0 Å². The molecule has 0 aromatic carbocycles. The molecule has 0 aromatic rings. The maximum absolute atomic E-state index is 5.61. The van der Waals surface area contributed by atoms with Crippen LogP contribution >= 0.6 is 0 Å². The van der Waals surface area contributed by atoms with Crippen LogP contribution in [0.4, 0.5) is 0 Å². The van der Waals surface area contributed by atoms with Crippen molar-refractivity contribution in [2.24, 2.45) is 5.92 Å². The summed E-state index contributed by atoms with van der Waals surface area (Å²) in [6.45, 7) is 7.05. The SMILES string of the molecule is CCCCOC[C@@H]1OCC[C@H]1CC. The summed E-state index contributed by atoms with van der Waals surface area (Å²) in [5.74, 6) is 0.738. The third kappa shape index (κ3) is 3.65. The Hall–Kier alpha value is -0.0800. The number of unbranched alkanes of at least 4 members (excludes halogenated alkanes) is 1. The van der Waals surface area contributed by atoms with Gasteiger partial charge in [0.1, 0.15) is 0 Å². The van der Waals surface area contributed by atoms with Crippen LogP contribution in [0.3, 0.4) is 0 Å². The smallest absolute Gasteiger partial charge is 0.0837 e. The Bertz CT molecular complexity index is 125. The van der Waals surface area contributed by atoms with E-state index in [2.05, 4.69) is 13.8 Å². The predicted molar refractivity (Wildman–Crippen MR) is 53.9 cm³/mol. The van der Waals surface area contributed by atoms with Gasteiger partial charge in [0, 0.05) is 13.2 Å². The maximum Gasteiger partial charge on any atom is 0.0837 e. The van der Waals surface area contributed by atoms with E-state index in [0.29, 0.717) is 6.10 Å². The zero-order valence-corrected chi connectivity index (χ0v) is 8.92. The van der Waals surface area contributed by atoms with Crippen molar-refractivity contribution in [3.63, 3.8) is 0 Å². The van der Waals surface area contributed by atoms with Gasteiger partial charge in [-0.3, -0.25) is 0 Å². The van der Waals surface area contributed by atoms with E-state index in [1.54, 1.807) is 0 Å². The second-order valence-corrected chi connectivity index (χ2v) is 3.79. The second-order valence-electron chi connectivity index (χ2n) is 3.79. The third-order valence-corrected chi connectivity index (χ3v) is 2.80. The molecule has 13 heavy (non-hydrogen) atoms. The van der Waals surface area contributed by atoms with E-state index in [4.69, 9.17) is 9.47 Å². The molecule has 0 aromatic heterocycles. The molecule has 0 amide bonds. The number of ether oxygens (including phenoxy) is 2. The third-order valence-electron chi connectivity index (χ3n) is 2.80. The largest absolute Gasteiger partial charge is 0.379 e. The van der Waals surface area contributed by atoms with Crippen molar-refractivity contribution < 1.29 is 9.47 Å². The van der Waals surface area contributed by atoms with E-state index >= 15 is 0 Å². The molecule has 2 heteroatoms. The van der Waals surface area contributed by atoms with E-state index in [9.17, 15) is 0 Å². The lowest BCUT2D eigenvalue weighted by molar-refractivity contribution is 0.000605. The molecule has 2 nitrogen and oxygen atoms in total. The summed E-state index contributed by atoms with van der Waals surface area (Å²) < 4.78 is 11.2. The minimum atomic E-state index is 0.377. The van der Waals surface area contributed by atoms with Crippen LogP contribution in [0.25, 0.3) is 0 Å². The van der Waals surface area contributed by atoms with Gasteiger partial charge in [0.15, 0.2) is 0 Å². The number of hydrogen-bond acceptors (Lipinski definition) is 2. The molecule has 0 saturated carbocycles. The molecule has 1 heterocycles. The second kappa shape index (κ2) is 6.39. The quantitative estimate of drug-likeness (QED) is 0.594. The van der Waals surface area contributed by atoms with Crippen LogP contribution in [-0.4, -0.2) is 25.9 Å². The minimum absolute atomic E-state index is 0.377. The van der Waals surface area contributed by atoms with Crippen molar-refractivity contribution in [2.75, 3.05) is 19.8 Å². The molecule has 2 atom stereocenters. The van der Waals surface area contributed by atoms with Gasteiger partial charge < -0.3 is 9.47 Å². The summed E-state index contributed by atoms with van der Waals surface area (Å²) in [4.78, 5) is 0. The zero-order chi connectivity index (χ0) is 9.52. The number of hydrogen-bond donors (Lipinski definition) is 0. The summed E-state index contributed by atoms with van der Waals surface area (Å²) in [5.41, 5.74) is 0. The van der Waals surface area contributed by atoms with E-state index in [0.717, 1.165) is 25.7 Å². The Kier molecular flexibility index (Phi) is 5.40. The standard InChI is InChI=1S/C11H22O2/c1-3-5-7-12-9-11-10(4-2)6-8-13-11/h10-11H,3-9H2,1-2H3/t10-,11+/m1/s1. The van der Waals surface area contributed by atoms with Crippen molar-refractivity contribution >= 4 is 0 Å². The lowest BCUT2D eigenvalue weighted by atomic mass is 9.99. The van der Waals surface area contributed by atoms with Crippen molar-refractivity contribution in [3.8, 4) is 0 Å². The van der Waals surface area contributed by atoms with E-state index in [-0.39, 0.29) is 0 Å². The van der Waals surface area contributed by atoms with Crippen molar-refractivity contribution in [1.29, 1.82) is 0 Å². The molecule has 78 valence electrons. The lowest BCUT2D eigenvalue weighted by Crippen LogP contribution is -2.22. The molecule has 0 aliphatic carbocycles. The highest BCUT2D eigenvalue weighted by atomic mass is 16.5. The molecule has 0 N–H and O–H groups in total. The predicted octanol–water partition coefficient (Wildman–Crippen LogP) is 2.62. The molecule has 0 radical (unpaired) electrons. The van der Waals surface area contributed by atoms with Gasteiger partial charge in [-0.15, -0.1) is 0 Å². The summed E-state index contributed by atoms with van der Waals surface area (Å²) in [5, 5.41) is 0. The Morgan fingerprint density at radius 3 is 2.92 bits per heavy atom. The minimum Gasteiger partial charge on any atom is -0.379 e. The fourth-order valence-electron chi connectivity index (χ4n) is 1.79. The summed E-state index contributed by atoms with van der Waals surface area (Å²) in [6.07, 6.45) is 5.20. The molecule has 1 aliphatic heterocycles. The van der Waals surface area contributed by atoms with E-state index in [1.807, 2.05) is 0 Å². The summed E-state index contributed by atoms with van der Waals surface area (Å²) in [7, 11) is 0. The topological polar surface area (TPSA) is 18.5 Å². The average Bonchev–Trinajstić information content (AvgIpc) is 2.60. The van der Waals surface area contributed by atoms with Gasteiger partial charge in [-0.2, -0.15) is 0 Å². The summed E-state index contributed by atoms with van der Waals surface area (Å²) >= 11 is 0. The molecule has 1 aliphatic rings.